The monoisotopic (exact) mass is 626 g/mol. The summed E-state index contributed by atoms with van der Waals surface area (Å²) in [4.78, 5) is 38.7. The number of anilines is 2. The van der Waals surface area contributed by atoms with Crippen molar-refractivity contribution in [2.45, 2.75) is 75.2 Å². The smallest absolute Gasteiger partial charge is 0.258 e. The molecule has 1 aliphatic rings. The van der Waals surface area contributed by atoms with Crippen LogP contribution in [0.4, 0.5) is 11.4 Å². The summed E-state index contributed by atoms with van der Waals surface area (Å²) >= 11 is 0. The fourth-order valence-electron chi connectivity index (χ4n) is 6.64. The zero-order valence-corrected chi connectivity index (χ0v) is 28.9. The number of carbonyl (C=O) groups excluding carboxylic acids is 2. The minimum Gasteiger partial charge on any atom is -0.345 e. The van der Waals surface area contributed by atoms with E-state index in [4.69, 9.17) is 7.73 Å². The molecule has 240 valence electrons. The van der Waals surface area contributed by atoms with Crippen LogP contribution in [0.5, 0.6) is 0 Å². The Morgan fingerprint density at radius 2 is 1.62 bits per heavy atom. The number of H-pyrrole nitrogens is 1. The first-order valence-corrected chi connectivity index (χ1v) is 16.3. The Labute approximate surface area is 281 Å². The Morgan fingerprint density at radius 1 is 0.851 bits per heavy atom. The van der Waals surface area contributed by atoms with E-state index < -0.39 is 5.91 Å². The SMILES string of the molecule is [2H]c1c([2H])c(C(=O)Nc2ccc(C(=O)N3CCc4[nH]c(CC)nc4-c4c3cc(C)c(C)c4C)cc2C)c(-c2cccc(C)c2C)c(C)c1C. The van der Waals surface area contributed by atoms with Gasteiger partial charge in [-0.3, -0.25) is 9.59 Å². The number of hydrogen-bond acceptors (Lipinski definition) is 3. The second-order valence-electron chi connectivity index (χ2n) is 12.9. The summed E-state index contributed by atoms with van der Waals surface area (Å²) in [5.41, 5.74) is 14.4. The van der Waals surface area contributed by atoms with E-state index in [0.29, 0.717) is 35.3 Å². The van der Waals surface area contributed by atoms with E-state index in [2.05, 4.69) is 44.1 Å². The van der Waals surface area contributed by atoms with Crippen LogP contribution in [-0.4, -0.2) is 28.3 Å². The second kappa shape index (κ2) is 12.3. The zero-order chi connectivity index (χ0) is 35.5. The number of amides is 2. The molecular weight excluding hydrogens is 580 g/mol. The minimum atomic E-state index is -0.456. The first-order chi connectivity index (χ1) is 23.2. The van der Waals surface area contributed by atoms with Crippen LogP contribution in [0.25, 0.3) is 22.4 Å². The van der Waals surface area contributed by atoms with Crippen LogP contribution in [0.2, 0.25) is 0 Å². The molecule has 1 aliphatic heterocycles. The van der Waals surface area contributed by atoms with Crippen molar-refractivity contribution in [1.29, 1.82) is 0 Å². The average Bonchev–Trinajstić information content (AvgIpc) is 3.42. The second-order valence-corrected chi connectivity index (χ2v) is 12.9. The van der Waals surface area contributed by atoms with Crippen molar-refractivity contribution in [2.24, 2.45) is 0 Å². The summed E-state index contributed by atoms with van der Waals surface area (Å²) < 4.78 is 17.5. The lowest BCUT2D eigenvalue weighted by Crippen LogP contribution is -2.33. The molecule has 4 aromatic carbocycles. The molecule has 0 radical (unpaired) electrons. The van der Waals surface area contributed by atoms with Gasteiger partial charge in [0.25, 0.3) is 11.8 Å². The third kappa shape index (κ3) is 5.56. The molecule has 2 N–H and O–H groups in total. The lowest BCUT2D eigenvalue weighted by molar-refractivity contribution is 0.0986. The number of hydrogen-bond donors (Lipinski definition) is 2. The van der Waals surface area contributed by atoms with Crippen molar-refractivity contribution in [3.05, 3.63) is 122 Å². The highest BCUT2D eigenvalue weighted by molar-refractivity contribution is 6.11. The maximum atomic E-state index is 14.3. The Bertz CT molecular complexity index is 2200. The Morgan fingerprint density at radius 3 is 2.34 bits per heavy atom. The zero-order valence-electron chi connectivity index (χ0n) is 30.9. The van der Waals surface area contributed by atoms with Crippen LogP contribution >= 0.6 is 0 Å². The Hall–Kier alpha value is -4.97. The van der Waals surface area contributed by atoms with Crippen LogP contribution in [0.15, 0.2) is 54.5 Å². The maximum absolute atomic E-state index is 14.3. The summed E-state index contributed by atoms with van der Waals surface area (Å²) in [6.45, 7) is 18.5. The van der Waals surface area contributed by atoms with E-state index >= 15 is 0 Å². The fraction of sp³-hybridized carbons (Fsp3) is 0.293. The largest absolute Gasteiger partial charge is 0.345 e. The molecule has 0 aliphatic carbocycles. The van der Waals surface area contributed by atoms with E-state index in [0.717, 1.165) is 73.8 Å². The molecule has 0 fully saturated rings. The molecule has 0 atom stereocenters. The molecule has 0 spiro atoms. The minimum absolute atomic E-state index is 0.0417. The van der Waals surface area contributed by atoms with E-state index in [1.165, 1.54) is 5.56 Å². The summed E-state index contributed by atoms with van der Waals surface area (Å²) in [6.07, 6.45) is 1.46. The van der Waals surface area contributed by atoms with Gasteiger partial charge in [0, 0.05) is 47.5 Å². The number of nitrogens with one attached hydrogen (secondary N) is 2. The normalized spacial score (nSPS) is 13.0. The molecule has 6 nitrogen and oxygen atoms in total. The van der Waals surface area contributed by atoms with E-state index in [-0.39, 0.29) is 23.6 Å². The number of benzene rings is 4. The van der Waals surface area contributed by atoms with Crippen LogP contribution in [0, 0.1) is 55.4 Å². The number of carbonyl (C=O) groups is 2. The standard InChI is InChI=1S/C41H44N4O2/c1-10-36-42-34-18-19-45(35-21-24(4)26(6)29(9)38(35)39(34)44-36)41(47)30-15-17-33(25(5)20-30)43-40(46)32-16-14-23(3)28(8)37(32)31-13-11-12-22(2)27(31)7/h11-17,20-21H,10,18-19H2,1-9H3,(H,42,44)(H,43,46)/i14D,16D. The Balaban J connectivity index is 1.36. The van der Waals surface area contributed by atoms with Gasteiger partial charge in [0.1, 0.15) is 5.82 Å². The van der Waals surface area contributed by atoms with Crippen LogP contribution in [-0.2, 0) is 12.8 Å². The third-order valence-corrected chi connectivity index (χ3v) is 10.0. The highest BCUT2D eigenvalue weighted by Crippen LogP contribution is 2.41. The molecule has 2 heterocycles. The molecule has 1 aromatic heterocycles. The summed E-state index contributed by atoms with van der Waals surface area (Å²) in [5, 5.41) is 3.02. The van der Waals surface area contributed by atoms with Crippen LogP contribution in [0.1, 0.15) is 86.4 Å². The molecule has 5 aromatic rings. The number of rotatable bonds is 5. The van der Waals surface area contributed by atoms with Gasteiger partial charge >= 0.3 is 0 Å². The highest BCUT2D eigenvalue weighted by Gasteiger charge is 2.30. The predicted molar refractivity (Wildman–Crippen MR) is 193 cm³/mol. The number of imidazole rings is 1. The topological polar surface area (TPSA) is 78.1 Å². The predicted octanol–water partition coefficient (Wildman–Crippen LogP) is 9.23. The quantitative estimate of drug-likeness (QED) is 0.204. The number of fused-ring (bicyclic) bond motifs is 3. The van der Waals surface area contributed by atoms with Crippen LogP contribution in [0.3, 0.4) is 0 Å². The van der Waals surface area contributed by atoms with Gasteiger partial charge in [-0.05, 0) is 141 Å². The lowest BCUT2D eigenvalue weighted by atomic mass is 9.88. The summed E-state index contributed by atoms with van der Waals surface area (Å²) in [7, 11) is 0. The third-order valence-electron chi connectivity index (χ3n) is 10.0. The van der Waals surface area contributed by atoms with Gasteiger partial charge in [0.05, 0.1) is 14.1 Å². The van der Waals surface area contributed by atoms with Gasteiger partial charge in [-0.25, -0.2) is 4.98 Å². The molecule has 0 bridgehead atoms. The molecule has 0 saturated carbocycles. The lowest BCUT2D eigenvalue weighted by Gasteiger charge is -2.26. The molecule has 6 heteroatoms. The highest BCUT2D eigenvalue weighted by atomic mass is 16.2. The summed E-state index contributed by atoms with van der Waals surface area (Å²) in [5.74, 6) is 0.368. The van der Waals surface area contributed by atoms with Crippen molar-refractivity contribution in [1.82, 2.24) is 9.97 Å². The van der Waals surface area contributed by atoms with Crippen molar-refractivity contribution < 1.29 is 12.3 Å². The van der Waals surface area contributed by atoms with Crippen molar-refractivity contribution >= 4 is 23.2 Å². The molecule has 2 amide bonds. The average molecular weight is 627 g/mol. The molecule has 47 heavy (non-hydrogen) atoms. The van der Waals surface area contributed by atoms with E-state index in [9.17, 15) is 9.59 Å². The van der Waals surface area contributed by atoms with Gasteiger partial charge in [0.15, 0.2) is 0 Å². The maximum Gasteiger partial charge on any atom is 0.258 e. The van der Waals surface area contributed by atoms with Gasteiger partial charge in [-0.15, -0.1) is 0 Å². The molecule has 0 unspecified atom stereocenters. The van der Waals surface area contributed by atoms with E-state index in [1.807, 2.05) is 63.8 Å². The van der Waals surface area contributed by atoms with Crippen molar-refractivity contribution in [2.75, 3.05) is 16.8 Å². The van der Waals surface area contributed by atoms with Gasteiger partial charge in [-0.1, -0.05) is 31.2 Å². The van der Waals surface area contributed by atoms with Crippen LogP contribution < -0.4 is 10.2 Å². The molecule has 0 saturated heterocycles. The first kappa shape index (κ1) is 29.4. The fourth-order valence-corrected chi connectivity index (χ4v) is 6.64. The van der Waals surface area contributed by atoms with Crippen molar-refractivity contribution in [3.8, 4) is 22.4 Å². The van der Waals surface area contributed by atoms with Gasteiger partial charge in [-0.2, -0.15) is 0 Å². The van der Waals surface area contributed by atoms with E-state index in [1.54, 1.807) is 12.1 Å². The van der Waals surface area contributed by atoms with Gasteiger partial charge < -0.3 is 15.2 Å². The van der Waals surface area contributed by atoms with Gasteiger partial charge in [0.2, 0.25) is 0 Å². The number of aromatic amines is 1. The first-order valence-electron chi connectivity index (χ1n) is 17.3. The molecular formula is C41H44N4O2. The van der Waals surface area contributed by atoms with Crippen molar-refractivity contribution in [3.63, 3.8) is 0 Å². The number of nitrogens with zero attached hydrogens (tertiary/aromatic N) is 2. The number of aryl methyl sites for hydroxylation is 4. The number of aromatic nitrogens is 2. The Kier molecular flexibility index (Phi) is 7.72. The molecule has 6 rings (SSSR count). The summed E-state index contributed by atoms with van der Waals surface area (Å²) in [6, 6.07) is 13.3.